The first-order chi connectivity index (χ1) is 29.6. The van der Waals surface area contributed by atoms with E-state index in [0.29, 0.717) is 11.3 Å². The Kier molecular flexibility index (Phi) is 12.2. The van der Waals surface area contributed by atoms with Crippen molar-refractivity contribution in [3.05, 3.63) is 70.8 Å². The van der Waals surface area contributed by atoms with Crippen molar-refractivity contribution >= 4 is 56.0 Å². The van der Waals surface area contributed by atoms with Crippen LogP contribution in [-0.4, -0.2) is 100 Å². The van der Waals surface area contributed by atoms with Crippen molar-refractivity contribution in [2.24, 2.45) is 17.8 Å². The molecule has 328 valence electrons. The lowest BCUT2D eigenvalue weighted by molar-refractivity contribution is -0.118. The third-order valence-corrected chi connectivity index (χ3v) is 13.0. The first-order valence-electron chi connectivity index (χ1n) is 19.4. The van der Waals surface area contributed by atoms with E-state index in [1.165, 1.54) is 27.9 Å². The number of nitrogens with zero attached hydrogens (tertiary/aromatic N) is 8. The molecular weight excluding hydrogens is 856 g/mol. The molecule has 3 fully saturated rings. The van der Waals surface area contributed by atoms with Crippen molar-refractivity contribution in [3.8, 4) is 6.07 Å². The maximum Gasteiger partial charge on any atom is 0.475 e. The minimum absolute atomic E-state index is 0.0517. The van der Waals surface area contributed by atoms with Crippen LogP contribution in [0.15, 0.2) is 54.0 Å². The summed E-state index contributed by atoms with van der Waals surface area (Å²) in [5.41, 5.74) is 0.0303. The number of phosphoric acid groups is 2. The summed E-state index contributed by atoms with van der Waals surface area (Å²) in [5.74, 6) is -2.91. The Morgan fingerprint density at radius 1 is 1.02 bits per heavy atom. The molecule has 3 saturated heterocycles. The predicted octanol–water partition coefficient (Wildman–Crippen LogP) is 3.67. The van der Waals surface area contributed by atoms with Gasteiger partial charge in [0.1, 0.15) is 30.7 Å². The third kappa shape index (κ3) is 8.69. The average molecular weight is 898 g/mol. The van der Waals surface area contributed by atoms with E-state index in [4.69, 9.17) is 32.1 Å². The molecule has 7 heterocycles. The number of carbonyl (C=O) groups is 2. The quantitative estimate of drug-likeness (QED) is 0.121. The van der Waals surface area contributed by atoms with Gasteiger partial charge in [-0.15, -0.1) is 0 Å². The number of rotatable bonds is 9. The highest BCUT2D eigenvalue weighted by Gasteiger charge is 2.53. The molecule has 5 aromatic rings. The van der Waals surface area contributed by atoms with Gasteiger partial charge in [0.15, 0.2) is 28.9 Å². The minimum atomic E-state index is -4.94. The highest BCUT2D eigenvalue weighted by molar-refractivity contribution is 7.48. The maximum atomic E-state index is 14.7. The summed E-state index contributed by atoms with van der Waals surface area (Å²) in [4.78, 5) is 69.3. The second-order valence-corrected chi connectivity index (χ2v) is 18.0. The van der Waals surface area contributed by atoms with Crippen LogP contribution in [0.2, 0.25) is 0 Å². The maximum absolute atomic E-state index is 14.7. The van der Waals surface area contributed by atoms with Crippen molar-refractivity contribution in [1.82, 2.24) is 39.1 Å². The highest BCUT2D eigenvalue weighted by Crippen LogP contribution is 2.58. The number of fused-ring (bicyclic) bond motifs is 5. The molecule has 10 atom stereocenters. The molecule has 62 heavy (non-hydrogen) atoms. The first-order valence-corrected chi connectivity index (χ1v) is 22.3. The van der Waals surface area contributed by atoms with Gasteiger partial charge in [-0.3, -0.25) is 51.9 Å². The molecule has 10 unspecified atom stereocenters. The number of ether oxygens (including phenoxy) is 2. The van der Waals surface area contributed by atoms with Crippen molar-refractivity contribution in [1.29, 1.82) is 5.26 Å². The van der Waals surface area contributed by atoms with E-state index in [1.807, 2.05) is 6.07 Å². The van der Waals surface area contributed by atoms with E-state index in [-0.39, 0.29) is 41.6 Å². The van der Waals surface area contributed by atoms with Gasteiger partial charge in [-0.05, 0) is 12.1 Å². The fraction of sp³-hybridized carbons (Fsp3) is 0.472. The van der Waals surface area contributed by atoms with Crippen molar-refractivity contribution in [2.45, 2.75) is 70.9 Å². The fourth-order valence-electron chi connectivity index (χ4n) is 7.24. The van der Waals surface area contributed by atoms with Gasteiger partial charge in [-0.1, -0.05) is 45.9 Å². The summed E-state index contributed by atoms with van der Waals surface area (Å²) < 4.78 is 72.9. The van der Waals surface area contributed by atoms with E-state index in [1.54, 1.807) is 58.0 Å². The van der Waals surface area contributed by atoms with E-state index in [2.05, 4.69) is 40.7 Å². The van der Waals surface area contributed by atoms with Crippen LogP contribution in [0.1, 0.15) is 62.5 Å². The zero-order valence-electron chi connectivity index (χ0n) is 33.5. The second-order valence-electron chi connectivity index (χ2n) is 15.0. The van der Waals surface area contributed by atoms with Crippen LogP contribution in [0.4, 0.5) is 11.8 Å². The Hall–Kier alpha value is -5.31. The molecule has 0 saturated carbocycles. The monoisotopic (exact) mass is 897 g/mol. The van der Waals surface area contributed by atoms with Crippen LogP contribution in [0.25, 0.3) is 16.8 Å². The third-order valence-electron chi connectivity index (χ3n) is 10.5. The number of benzene rings is 1. The van der Waals surface area contributed by atoms with Crippen molar-refractivity contribution < 1.29 is 55.7 Å². The molecule has 1 aromatic carbocycles. The Morgan fingerprint density at radius 3 is 2.55 bits per heavy atom. The number of aromatic nitrogens is 8. The molecular formula is C36H41N11O13P2. The SMILES string of the molecule is CC(C)C(=O)Nc1nc2c(ncn2C2OC3COP(=O)(O)OC4C(COP(=O)(OCCC#N)OC2C3C)OC(c2cnc3c(NC(=O)c5ccccc5)ncnn23)C4C)c(=O)[nH]1. The largest absolute Gasteiger partial charge is 0.475 e. The van der Waals surface area contributed by atoms with Crippen molar-refractivity contribution in [3.63, 3.8) is 0 Å². The van der Waals surface area contributed by atoms with Crippen LogP contribution in [0, 0.1) is 29.1 Å². The van der Waals surface area contributed by atoms with Gasteiger partial charge in [0.05, 0.1) is 56.6 Å². The number of amides is 2. The normalized spacial score (nSPS) is 30.3. The molecule has 0 spiro atoms. The number of H-pyrrole nitrogens is 1. The lowest BCUT2D eigenvalue weighted by Gasteiger charge is -2.28. The predicted molar refractivity (Wildman–Crippen MR) is 212 cm³/mol. The van der Waals surface area contributed by atoms with E-state index < -0.39 is 101 Å². The molecule has 24 nitrogen and oxygen atoms in total. The minimum Gasteiger partial charge on any atom is -0.363 e. The summed E-state index contributed by atoms with van der Waals surface area (Å²) in [6, 6.07) is 10.4. The van der Waals surface area contributed by atoms with Gasteiger partial charge in [-0.25, -0.2) is 28.6 Å². The standard InChI is InChI=1S/C36H41N11O13P2/c1-18(2)32(48)44-36-43-30-25(34(50)45-36)40-17-46(30)35-28-19(3)23(58-35)14-55-61(51,52)59-27-20(4)26(57-24(27)15-56-62(53,60-28)54-12-8-11-37)22-13-38-31-29(39-16-41-47(22)31)42-33(49)21-9-6-5-7-10-21/h5-7,9-10,13,16-20,23-24,26-28,35H,8,12,14-15H2,1-4H3,(H,51,52)(H,39,41,42,49)(H2,43,44,45,48,50). The number of carbonyl (C=O) groups excluding carboxylic acids is 2. The molecule has 0 radical (unpaired) electrons. The topological polar surface area (TPSA) is 308 Å². The van der Waals surface area contributed by atoms with Crippen LogP contribution < -0.4 is 16.2 Å². The number of hydrogen-bond donors (Lipinski definition) is 4. The Balaban J connectivity index is 1.10. The van der Waals surface area contributed by atoms with Crippen LogP contribution in [-0.2, 0) is 46.0 Å². The molecule has 8 rings (SSSR count). The molecule has 3 aliphatic heterocycles. The highest BCUT2D eigenvalue weighted by atomic mass is 31.2. The lowest BCUT2D eigenvalue weighted by atomic mass is 9.97. The average Bonchev–Trinajstić information content (AvgIpc) is 4.01. The molecule has 4 N–H and O–H groups in total. The van der Waals surface area contributed by atoms with Gasteiger partial charge in [0.2, 0.25) is 11.9 Å². The van der Waals surface area contributed by atoms with Gasteiger partial charge < -0.3 is 19.7 Å². The van der Waals surface area contributed by atoms with Gasteiger partial charge in [0, 0.05) is 23.3 Å². The zero-order chi connectivity index (χ0) is 43.9. The molecule has 4 aromatic heterocycles. The Labute approximate surface area is 351 Å². The van der Waals surface area contributed by atoms with Crippen molar-refractivity contribution in [2.75, 3.05) is 30.5 Å². The van der Waals surface area contributed by atoms with E-state index in [9.17, 15) is 33.7 Å². The summed E-state index contributed by atoms with van der Waals surface area (Å²) in [6.07, 6.45) is -3.33. The van der Waals surface area contributed by atoms with Gasteiger partial charge in [0.25, 0.3) is 11.5 Å². The van der Waals surface area contributed by atoms with Gasteiger partial charge >= 0.3 is 15.6 Å². The first kappa shape index (κ1) is 43.3. The van der Waals surface area contributed by atoms with E-state index >= 15 is 0 Å². The number of aromatic amines is 1. The zero-order valence-corrected chi connectivity index (χ0v) is 35.3. The van der Waals surface area contributed by atoms with E-state index in [0.717, 1.165) is 0 Å². The Bertz CT molecular complexity index is 2690. The number of hydrogen-bond acceptors (Lipinski definition) is 18. The number of nitrogens with one attached hydrogen (secondary N) is 3. The summed E-state index contributed by atoms with van der Waals surface area (Å²) >= 11 is 0. The fourth-order valence-corrected chi connectivity index (χ4v) is 9.70. The van der Waals surface area contributed by atoms with Gasteiger partial charge in [-0.2, -0.15) is 15.3 Å². The van der Waals surface area contributed by atoms with Crippen LogP contribution in [0.5, 0.6) is 0 Å². The number of nitriles is 1. The molecule has 2 bridgehead atoms. The summed E-state index contributed by atoms with van der Waals surface area (Å²) in [7, 11) is -9.64. The molecule has 3 aliphatic rings. The molecule has 2 amide bonds. The Morgan fingerprint density at radius 2 is 1.79 bits per heavy atom. The molecule has 26 heteroatoms. The lowest BCUT2D eigenvalue weighted by Crippen LogP contribution is -2.32. The number of anilines is 2. The number of imidazole rings is 2. The summed E-state index contributed by atoms with van der Waals surface area (Å²) in [6.45, 7) is 5.11. The molecule has 0 aliphatic carbocycles. The summed E-state index contributed by atoms with van der Waals surface area (Å²) in [5, 5.41) is 18.9. The smallest absolute Gasteiger partial charge is 0.363 e. The second kappa shape index (κ2) is 17.5. The van der Waals surface area contributed by atoms with Crippen LogP contribution >= 0.6 is 15.6 Å². The number of phosphoric ester groups is 2. The van der Waals surface area contributed by atoms with Crippen LogP contribution in [0.3, 0.4) is 0 Å².